The Labute approximate surface area is 106 Å². The van der Waals surface area contributed by atoms with E-state index in [2.05, 4.69) is 23.9 Å². The first kappa shape index (κ1) is 11.1. The lowest BCUT2D eigenvalue weighted by Crippen LogP contribution is -2.17. The minimum Gasteiger partial charge on any atom is -0.350 e. The van der Waals surface area contributed by atoms with Crippen LogP contribution in [-0.2, 0) is 13.5 Å². The maximum Gasteiger partial charge on any atom is 0.0495 e. The third kappa shape index (κ3) is 1.85. The molecule has 0 spiro atoms. The molecule has 3 heteroatoms. The Morgan fingerprint density at radius 3 is 2.82 bits per heavy atom. The lowest BCUT2D eigenvalue weighted by molar-refractivity contribution is 0.522. The molecule has 1 heterocycles. The molecule has 90 valence electrons. The Balaban J connectivity index is 2.05. The summed E-state index contributed by atoms with van der Waals surface area (Å²) in [5, 5.41) is 2.11. The van der Waals surface area contributed by atoms with Crippen LogP contribution in [0.25, 0.3) is 10.9 Å². The number of nitrogens with two attached hydrogens (primary N) is 1. The molecule has 2 nitrogen and oxygen atoms in total. The zero-order valence-corrected chi connectivity index (χ0v) is 10.8. The van der Waals surface area contributed by atoms with Crippen LogP contribution in [0.15, 0.2) is 24.4 Å². The van der Waals surface area contributed by atoms with Gasteiger partial charge in [-0.15, -0.1) is 0 Å². The van der Waals surface area contributed by atoms with Gasteiger partial charge in [0.25, 0.3) is 0 Å². The Hall–Kier alpha value is -0.990. The van der Waals surface area contributed by atoms with Gasteiger partial charge in [0.2, 0.25) is 0 Å². The number of aromatic nitrogens is 1. The van der Waals surface area contributed by atoms with E-state index in [9.17, 15) is 0 Å². The second kappa shape index (κ2) is 3.76. The number of benzene rings is 1. The normalized spacial score (nSPS) is 17.6. The first-order chi connectivity index (χ1) is 8.13. The highest BCUT2D eigenvalue weighted by atomic mass is 35.5. The summed E-state index contributed by atoms with van der Waals surface area (Å²) in [5.74, 6) is 0. The third-order valence-electron chi connectivity index (χ3n) is 3.99. The molecular weight excluding hydrogens is 232 g/mol. The molecule has 0 bridgehead atoms. The zero-order chi connectivity index (χ0) is 12.0. The van der Waals surface area contributed by atoms with E-state index in [4.69, 9.17) is 17.3 Å². The maximum absolute atomic E-state index is 6.04. The number of rotatable bonds is 3. The largest absolute Gasteiger partial charge is 0.350 e. The highest BCUT2D eigenvalue weighted by Crippen LogP contribution is 2.48. The van der Waals surface area contributed by atoms with Gasteiger partial charge in [0.1, 0.15) is 0 Å². The van der Waals surface area contributed by atoms with Gasteiger partial charge in [0.05, 0.1) is 0 Å². The first-order valence-electron chi connectivity index (χ1n) is 6.07. The van der Waals surface area contributed by atoms with Crippen LogP contribution in [0.4, 0.5) is 0 Å². The summed E-state index contributed by atoms with van der Waals surface area (Å²) in [7, 11) is 2.07. The van der Waals surface area contributed by atoms with Crippen LogP contribution in [0.1, 0.15) is 18.4 Å². The summed E-state index contributed by atoms with van der Waals surface area (Å²) in [6, 6.07) is 6.12. The average Bonchev–Trinajstić information content (AvgIpc) is 3.02. The van der Waals surface area contributed by atoms with Gasteiger partial charge in [-0.1, -0.05) is 17.7 Å². The third-order valence-corrected chi connectivity index (χ3v) is 4.23. The first-order valence-corrected chi connectivity index (χ1v) is 6.45. The van der Waals surface area contributed by atoms with E-state index >= 15 is 0 Å². The molecule has 0 saturated heterocycles. The number of fused-ring (bicyclic) bond motifs is 1. The van der Waals surface area contributed by atoms with Crippen molar-refractivity contribution in [3.05, 3.63) is 35.0 Å². The van der Waals surface area contributed by atoms with Gasteiger partial charge in [-0.05, 0) is 48.9 Å². The summed E-state index contributed by atoms with van der Waals surface area (Å²) in [6.07, 6.45) is 5.86. The topological polar surface area (TPSA) is 30.9 Å². The molecule has 2 N–H and O–H groups in total. The Bertz CT molecular complexity index is 567. The number of hydrogen-bond acceptors (Lipinski definition) is 1. The van der Waals surface area contributed by atoms with Crippen molar-refractivity contribution in [2.75, 3.05) is 6.54 Å². The quantitative estimate of drug-likeness (QED) is 0.889. The molecular formula is C14H17ClN2. The molecule has 1 fully saturated rings. The van der Waals surface area contributed by atoms with Crippen molar-refractivity contribution in [2.24, 2.45) is 18.2 Å². The zero-order valence-electron chi connectivity index (χ0n) is 10.0. The van der Waals surface area contributed by atoms with Crippen molar-refractivity contribution in [2.45, 2.75) is 19.3 Å². The van der Waals surface area contributed by atoms with Crippen molar-refractivity contribution in [1.82, 2.24) is 4.57 Å². The Morgan fingerprint density at radius 1 is 1.41 bits per heavy atom. The molecule has 0 unspecified atom stereocenters. The van der Waals surface area contributed by atoms with E-state index in [1.165, 1.54) is 29.3 Å². The van der Waals surface area contributed by atoms with Gasteiger partial charge in [-0.25, -0.2) is 0 Å². The standard InChI is InChI=1S/C14H17ClN2/c1-17-8-10(7-14(9-16)4-5-14)12-3-2-11(15)6-13(12)17/h2-3,6,8H,4-5,7,9,16H2,1H3. The second-order valence-corrected chi connectivity index (χ2v) is 5.74. The molecule has 1 aliphatic carbocycles. The van der Waals surface area contributed by atoms with Crippen LogP contribution in [0.5, 0.6) is 0 Å². The van der Waals surface area contributed by atoms with Gasteiger partial charge >= 0.3 is 0 Å². The molecule has 0 atom stereocenters. The smallest absolute Gasteiger partial charge is 0.0495 e. The van der Waals surface area contributed by atoms with Crippen LogP contribution < -0.4 is 5.73 Å². The average molecular weight is 249 g/mol. The van der Waals surface area contributed by atoms with Gasteiger partial charge in [0, 0.05) is 29.2 Å². The van der Waals surface area contributed by atoms with Gasteiger partial charge in [-0.2, -0.15) is 0 Å². The summed E-state index contributed by atoms with van der Waals surface area (Å²) in [6.45, 7) is 0.803. The van der Waals surface area contributed by atoms with E-state index in [0.29, 0.717) is 5.41 Å². The lowest BCUT2D eigenvalue weighted by atomic mass is 9.96. The number of aryl methyl sites for hydroxylation is 1. The van der Waals surface area contributed by atoms with Crippen molar-refractivity contribution in [1.29, 1.82) is 0 Å². The molecule has 0 amide bonds. The monoisotopic (exact) mass is 248 g/mol. The molecule has 1 saturated carbocycles. The van der Waals surface area contributed by atoms with E-state index in [0.717, 1.165) is 18.0 Å². The lowest BCUT2D eigenvalue weighted by Gasteiger charge is -2.10. The van der Waals surface area contributed by atoms with Crippen LogP contribution >= 0.6 is 11.6 Å². The minimum atomic E-state index is 0.383. The predicted octanol–water partition coefficient (Wildman–Crippen LogP) is 3.11. The van der Waals surface area contributed by atoms with Crippen molar-refractivity contribution in [3.63, 3.8) is 0 Å². The van der Waals surface area contributed by atoms with Gasteiger partial charge in [-0.3, -0.25) is 0 Å². The molecule has 3 rings (SSSR count). The van der Waals surface area contributed by atoms with E-state index < -0.39 is 0 Å². The number of nitrogens with zero attached hydrogens (tertiary/aromatic N) is 1. The molecule has 17 heavy (non-hydrogen) atoms. The van der Waals surface area contributed by atoms with Crippen LogP contribution in [0.2, 0.25) is 5.02 Å². The second-order valence-electron chi connectivity index (χ2n) is 5.31. The highest BCUT2D eigenvalue weighted by molar-refractivity contribution is 6.31. The van der Waals surface area contributed by atoms with Crippen molar-refractivity contribution >= 4 is 22.5 Å². The number of halogens is 1. The fraction of sp³-hybridized carbons (Fsp3) is 0.429. The van der Waals surface area contributed by atoms with Crippen LogP contribution in [-0.4, -0.2) is 11.1 Å². The van der Waals surface area contributed by atoms with Gasteiger partial charge in [0.15, 0.2) is 0 Å². The SMILES string of the molecule is Cn1cc(CC2(CN)CC2)c2ccc(Cl)cc21. The highest BCUT2D eigenvalue weighted by Gasteiger charge is 2.41. The molecule has 1 aliphatic rings. The fourth-order valence-electron chi connectivity index (χ4n) is 2.62. The molecule has 1 aromatic carbocycles. The van der Waals surface area contributed by atoms with E-state index in [1.54, 1.807) is 0 Å². The van der Waals surface area contributed by atoms with Crippen LogP contribution in [0, 0.1) is 5.41 Å². The molecule has 0 aliphatic heterocycles. The minimum absolute atomic E-state index is 0.383. The summed E-state index contributed by atoms with van der Waals surface area (Å²) < 4.78 is 2.16. The van der Waals surface area contributed by atoms with E-state index in [-0.39, 0.29) is 0 Å². The summed E-state index contributed by atoms with van der Waals surface area (Å²) in [4.78, 5) is 0. The summed E-state index contributed by atoms with van der Waals surface area (Å²) in [5.41, 5.74) is 8.86. The Morgan fingerprint density at radius 2 is 2.18 bits per heavy atom. The van der Waals surface area contributed by atoms with Gasteiger partial charge < -0.3 is 10.3 Å². The maximum atomic E-state index is 6.04. The molecule has 2 aromatic rings. The predicted molar refractivity (Wildman–Crippen MR) is 72.4 cm³/mol. The van der Waals surface area contributed by atoms with E-state index in [1.807, 2.05) is 12.1 Å². The number of hydrogen-bond donors (Lipinski definition) is 1. The van der Waals surface area contributed by atoms with Crippen molar-refractivity contribution in [3.8, 4) is 0 Å². The molecule has 1 aromatic heterocycles. The fourth-order valence-corrected chi connectivity index (χ4v) is 2.78. The van der Waals surface area contributed by atoms with Crippen LogP contribution in [0.3, 0.4) is 0 Å². The summed E-state index contributed by atoms with van der Waals surface area (Å²) >= 11 is 6.04. The molecule has 0 radical (unpaired) electrons. The Kier molecular flexibility index (Phi) is 2.46. The van der Waals surface area contributed by atoms with Crippen molar-refractivity contribution < 1.29 is 0 Å².